The topological polar surface area (TPSA) is 50.8 Å². The highest BCUT2D eigenvalue weighted by molar-refractivity contribution is 5.96. The summed E-state index contributed by atoms with van der Waals surface area (Å²) in [5, 5.41) is 3.08. The maximum atomic E-state index is 13.4. The van der Waals surface area contributed by atoms with Crippen LogP contribution < -0.4 is 10.1 Å². The first-order valence-corrected chi connectivity index (χ1v) is 9.38. The van der Waals surface area contributed by atoms with Crippen molar-refractivity contribution in [2.24, 2.45) is 0 Å². The molecule has 1 amide bonds. The van der Waals surface area contributed by atoms with Crippen LogP contribution in [0.2, 0.25) is 0 Å². The first-order valence-electron chi connectivity index (χ1n) is 9.38. The summed E-state index contributed by atoms with van der Waals surface area (Å²) in [5.41, 5.74) is 2.73. The third-order valence-corrected chi connectivity index (χ3v) is 4.79. The van der Waals surface area contributed by atoms with Gasteiger partial charge in [0.2, 0.25) is 5.91 Å². The molecule has 1 N–H and O–H groups in total. The molecular formula is C22H28N2O3. The van der Waals surface area contributed by atoms with Crippen molar-refractivity contribution in [3.63, 3.8) is 0 Å². The third-order valence-electron chi connectivity index (χ3n) is 4.79. The lowest BCUT2D eigenvalue weighted by atomic mass is 10.0. The zero-order valence-electron chi connectivity index (χ0n) is 16.4. The monoisotopic (exact) mass is 368 g/mol. The van der Waals surface area contributed by atoms with E-state index in [2.05, 4.69) is 10.2 Å². The lowest BCUT2D eigenvalue weighted by molar-refractivity contribution is -0.128. The van der Waals surface area contributed by atoms with Gasteiger partial charge in [0, 0.05) is 13.1 Å². The summed E-state index contributed by atoms with van der Waals surface area (Å²) in [6, 6.07) is 15.3. The SMILES string of the molecule is COc1ccc(C)cc1NC(=O)[C@@H](c1ccccc1)N1C[C@@H](C)O[C@H](C)C1. The van der Waals surface area contributed by atoms with E-state index in [-0.39, 0.29) is 24.2 Å². The number of benzene rings is 2. The first-order chi connectivity index (χ1) is 13.0. The van der Waals surface area contributed by atoms with E-state index in [1.54, 1.807) is 7.11 Å². The predicted octanol–water partition coefficient (Wildman–Crippen LogP) is 3.79. The summed E-state index contributed by atoms with van der Waals surface area (Å²) < 4.78 is 11.3. The normalized spacial score (nSPS) is 21.5. The molecule has 1 saturated heterocycles. The molecule has 2 aromatic carbocycles. The van der Waals surface area contributed by atoms with Gasteiger partial charge in [0.25, 0.3) is 0 Å². The molecule has 1 heterocycles. The van der Waals surface area contributed by atoms with Crippen molar-refractivity contribution >= 4 is 11.6 Å². The number of amides is 1. The highest BCUT2D eigenvalue weighted by Gasteiger charge is 2.33. The van der Waals surface area contributed by atoms with Gasteiger partial charge in [0.1, 0.15) is 11.8 Å². The minimum Gasteiger partial charge on any atom is -0.495 e. The minimum absolute atomic E-state index is 0.0635. The molecule has 1 fully saturated rings. The van der Waals surface area contributed by atoms with Crippen molar-refractivity contribution in [3.05, 3.63) is 59.7 Å². The molecule has 0 bridgehead atoms. The van der Waals surface area contributed by atoms with Crippen molar-refractivity contribution in [1.82, 2.24) is 4.90 Å². The molecule has 1 aliphatic heterocycles. The number of ether oxygens (including phenoxy) is 2. The average molecular weight is 368 g/mol. The fraction of sp³-hybridized carbons (Fsp3) is 0.409. The molecule has 1 aliphatic rings. The third kappa shape index (κ3) is 4.67. The van der Waals surface area contributed by atoms with Crippen LogP contribution in [0.4, 0.5) is 5.69 Å². The Morgan fingerprint density at radius 3 is 2.44 bits per heavy atom. The number of hydrogen-bond acceptors (Lipinski definition) is 4. The van der Waals surface area contributed by atoms with E-state index in [0.29, 0.717) is 24.5 Å². The second-order valence-electron chi connectivity index (χ2n) is 7.22. The van der Waals surface area contributed by atoms with Gasteiger partial charge >= 0.3 is 0 Å². The van der Waals surface area contributed by atoms with Crippen LogP contribution in [0.15, 0.2) is 48.5 Å². The Kier molecular flexibility index (Phi) is 6.14. The van der Waals surface area contributed by atoms with E-state index >= 15 is 0 Å². The lowest BCUT2D eigenvalue weighted by Gasteiger charge is -2.39. The number of hydrogen-bond donors (Lipinski definition) is 1. The molecule has 144 valence electrons. The molecular weight excluding hydrogens is 340 g/mol. The number of rotatable bonds is 5. The van der Waals surface area contributed by atoms with E-state index in [4.69, 9.17) is 9.47 Å². The Morgan fingerprint density at radius 1 is 1.15 bits per heavy atom. The molecule has 5 nitrogen and oxygen atoms in total. The quantitative estimate of drug-likeness (QED) is 0.872. The Balaban J connectivity index is 1.91. The molecule has 27 heavy (non-hydrogen) atoms. The number of morpholine rings is 1. The highest BCUT2D eigenvalue weighted by atomic mass is 16.5. The number of nitrogens with zero attached hydrogens (tertiary/aromatic N) is 1. The summed E-state index contributed by atoms with van der Waals surface area (Å²) in [7, 11) is 1.61. The van der Waals surface area contributed by atoms with Crippen LogP contribution in [0.25, 0.3) is 0 Å². The molecule has 0 saturated carbocycles. The van der Waals surface area contributed by atoms with Gasteiger partial charge in [-0.05, 0) is 44.0 Å². The van der Waals surface area contributed by atoms with Crippen molar-refractivity contribution in [2.75, 3.05) is 25.5 Å². The fourth-order valence-corrected chi connectivity index (χ4v) is 3.71. The summed E-state index contributed by atoms with van der Waals surface area (Å²) in [6.45, 7) is 7.51. The lowest BCUT2D eigenvalue weighted by Crippen LogP contribution is -2.49. The van der Waals surface area contributed by atoms with E-state index in [0.717, 1.165) is 11.1 Å². The minimum atomic E-state index is -0.384. The number of carbonyl (C=O) groups excluding carboxylic acids is 1. The molecule has 0 aromatic heterocycles. The van der Waals surface area contributed by atoms with Gasteiger partial charge < -0.3 is 14.8 Å². The summed E-state index contributed by atoms with van der Waals surface area (Å²) in [6.07, 6.45) is 0.169. The summed E-state index contributed by atoms with van der Waals surface area (Å²) in [5.74, 6) is 0.593. The molecule has 0 aliphatic carbocycles. The smallest absolute Gasteiger partial charge is 0.246 e. The van der Waals surface area contributed by atoms with Crippen molar-refractivity contribution in [3.8, 4) is 5.75 Å². The molecule has 0 spiro atoms. The van der Waals surface area contributed by atoms with E-state index in [9.17, 15) is 4.79 Å². The largest absolute Gasteiger partial charge is 0.495 e. The Morgan fingerprint density at radius 2 is 1.81 bits per heavy atom. The van der Waals surface area contributed by atoms with Crippen molar-refractivity contribution in [2.45, 2.75) is 39.0 Å². The number of aryl methyl sites for hydroxylation is 1. The number of anilines is 1. The maximum absolute atomic E-state index is 13.4. The molecule has 5 heteroatoms. The Hall–Kier alpha value is -2.37. The van der Waals surface area contributed by atoms with Crippen LogP contribution in [0.1, 0.15) is 31.0 Å². The van der Waals surface area contributed by atoms with Gasteiger partial charge in [0.15, 0.2) is 0 Å². The van der Waals surface area contributed by atoms with Crippen molar-refractivity contribution < 1.29 is 14.3 Å². The van der Waals surface area contributed by atoms with Gasteiger partial charge in [-0.3, -0.25) is 9.69 Å². The maximum Gasteiger partial charge on any atom is 0.246 e. The van der Waals surface area contributed by atoms with E-state index < -0.39 is 0 Å². The van der Waals surface area contributed by atoms with Gasteiger partial charge in [-0.2, -0.15) is 0 Å². The zero-order chi connectivity index (χ0) is 19.4. The van der Waals surface area contributed by atoms with E-state index in [1.165, 1.54) is 0 Å². The van der Waals surface area contributed by atoms with Crippen LogP contribution in [0, 0.1) is 6.92 Å². The number of methoxy groups -OCH3 is 1. The van der Waals surface area contributed by atoms with Crippen LogP contribution in [0.5, 0.6) is 5.75 Å². The molecule has 3 atom stereocenters. The van der Waals surface area contributed by atoms with Crippen LogP contribution in [-0.2, 0) is 9.53 Å². The Bertz CT molecular complexity index is 768. The second-order valence-corrected chi connectivity index (χ2v) is 7.22. The van der Waals surface area contributed by atoms with Gasteiger partial charge in [-0.1, -0.05) is 36.4 Å². The van der Waals surface area contributed by atoms with Gasteiger partial charge in [-0.15, -0.1) is 0 Å². The van der Waals surface area contributed by atoms with Crippen molar-refractivity contribution in [1.29, 1.82) is 0 Å². The average Bonchev–Trinajstić information content (AvgIpc) is 2.62. The van der Waals surface area contributed by atoms with Gasteiger partial charge in [0.05, 0.1) is 25.0 Å². The summed E-state index contributed by atoms with van der Waals surface area (Å²) >= 11 is 0. The predicted molar refractivity (Wildman–Crippen MR) is 107 cm³/mol. The Labute approximate surface area is 161 Å². The number of carbonyl (C=O) groups is 1. The molecule has 0 unspecified atom stereocenters. The van der Waals surface area contributed by atoms with Gasteiger partial charge in [-0.25, -0.2) is 0 Å². The van der Waals surface area contributed by atoms with Crippen LogP contribution in [0.3, 0.4) is 0 Å². The van der Waals surface area contributed by atoms with Crippen LogP contribution >= 0.6 is 0 Å². The summed E-state index contributed by atoms with van der Waals surface area (Å²) in [4.78, 5) is 15.6. The van der Waals surface area contributed by atoms with Crippen LogP contribution in [-0.4, -0.2) is 43.2 Å². The molecule has 2 aromatic rings. The van der Waals surface area contributed by atoms with E-state index in [1.807, 2.05) is 69.3 Å². The number of nitrogens with one attached hydrogen (secondary N) is 1. The standard InChI is InChI=1S/C22H28N2O3/c1-15-10-11-20(26-4)19(12-15)23-22(25)21(18-8-6-5-7-9-18)24-13-16(2)27-17(3)14-24/h5-12,16-17,21H,13-14H2,1-4H3,(H,23,25)/t16-,17-,21-/m1/s1. The highest BCUT2D eigenvalue weighted by Crippen LogP contribution is 2.30. The molecule has 3 rings (SSSR count). The molecule has 0 radical (unpaired) electrons. The fourth-order valence-electron chi connectivity index (χ4n) is 3.71. The second kappa shape index (κ2) is 8.55. The first kappa shape index (κ1) is 19.4. The zero-order valence-corrected chi connectivity index (χ0v) is 16.4.